The average molecular weight is 258 g/mol. The van der Waals surface area contributed by atoms with E-state index in [0.717, 1.165) is 4.73 Å². The van der Waals surface area contributed by atoms with Crippen molar-refractivity contribution in [3.8, 4) is 0 Å². The number of urea groups is 1. The smallest absolute Gasteiger partial charge is 0.323 e. The van der Waals surface area contributed by atoms with Crippen molar-refractivity contribution in [3.63, 3.8) is 0 Å². The third kappa shape index (κ3) is 3.35. The molecule has 0 aliphatic carbocycles. The van der Waals surface area contributed by atoms with E-state index >= 15 is 0 Å². The van der Waals surface area contributed by atoms with Crippen LogP contribution in [0.3, 0.4) is 0 Å². The molecule has 98 valence electrons. The number of benzene rings is 1. The molecule has 1 aromatic carbocycles. The molecule has 0 fully saturated rings. The number of nitrogens with one attached hydrogen (secondary N) is 2. The van der Waals surface area contributed by atoms with E-state index in [2.05, 4.69) is 15.6 Å². The van der Waals surface area contributed by atoms with Gasteiger partial charge in [-0.2, -0.15) is 4.73 Å². The lowest BCUT2D eigenvalue weighted by Crippen LogP contribution is -2.22. The van der Waals surface area contributed by atoms with Crippen molar-refractivity contribution in [2.45, 2.75) is 0 Å². The lowest BCUT2D eigenvalue weighted by atomic mass is 10.3. The van der Waals surface area contributed by atoms with Crippen molar-refractivity contribution in [1.82, 2.24) is 4.73 Å². The van der Waals surface area contributed by atoms with Crippen molar-refractivity contribution in [1.29, 1.82) is 0 Å². The summed E-state index contributed by atoms with van der Waals surface area (Å²) in [4.78, 5) is 15.6. The topological polar surface area (TPSA) is 78.7 Å². The van der Waals surface area contributed by atoms with Crippen LogP contribution in [-0.4, -0.2) is 23.0 Å². The summed E-state index contributed by atoms with van der Waals surface area (Å²) in [5, 5.41) is 14.8. The SMILES string of the molecule is CN=c1ccc(NC(=O)Nc2ccccc2)cn1O. The molecule has 1 heterocycles. The van der Waals surface area contributed by atoms with Crippen LogP contribution in [0.15, 0.2) is 53.7 Å². The molecule has 1 aromatic heterocycles. The number of hydrogen-bond donors (Lipinski definition) is 3. The van der Waals surface area contributed by atoms with E-state index in [4.69, 9.17) is 0 Å². The number of nitrogens with zero attached hydrogens (tertiary/aromatic N) is 2. The van der Waals surface area contributed by atoms with Crippen molar-refractivity contribution in [3.05, 3.63) is 54.1 Å². The molecule has 0 aliphatic rings. The Morgan fingerprint density at radius 1 is 1.11 bits per heavy atom. The summed E-state index contributed by atoms with van der Waals surface area (Å²) in [6.45, 7) is 0. The van der Waals surface area contributed by atoms with Gasteiger partial charge in [-0.25, -0.2) is 4.79 Å². The summed E-state index contributed by atoms with van der Waals surface area (Å²) < 4.78 is 0.845. The number of carbonyl (C=O) groups excluding carboxylic acids is 1. The van der Waals surface area contributed by atoms with Crippen LogP contribution in [0.25, 0.3) is 0 Å². The van der Waals surface area contributed by atoms with Crippen LogP contribution in [0.4, 0.5) is 16.2 Å². The van der Waals surface area contributed by atoms with E-state index in [1.54, 1.807) is 31.3 Å². The van der Waals surface area contributed by atoms with Gasteiger partial charge < -0.3 is 15.8 Å². The number of pyridine rings is 1. The van der Waals surface area contributed by atoms with E-state index in [1.807, 2.05) is 18.2 Å². The second kappa shape index (κ2) is 5.72. The highest BCUT2D eigenvalue weighted by molar-refractivity contribution is 5.99. The molecule has 6 nitrogen and oxygen atoms in total. The molecule has 0 radical (unpaired) electrons. The molecule has 0 saturated carbocycles. The fourth-order valence-electron chi connectivity index (χ4n) is 1.55. The summed E-state index contributed by atoms with van der Waals surface area (Å²) >= 11 is 0. The first-order chi connectivity index (χ1) is 9.19. The first-order valence-corrected chi connectivity index (χ1v) is 5.67. The number of aromatic nitrogens is 1. The molecule has 2 aromatic rings. The maximum absolute atomic E-state index is 11.7. The van der Waals surface area contributed by atoms with Crippen molar-refractivity contribution < 1.29 is 10.0 Å². The number of anilines is 2. The monoisotopic (exact) mass is 258 g/mol. The largest absolute Gasteiger partial charge is 0.427 e. The zero-order chi connectivity index (χ0) is 13.7. The van der Waals surface area contributed by atoms with Crippen LogP contribution in [0.5, 0.6) is 0 Å². The van der Waals surface area contributed by atoms with Gasteiger partial charge in [0, 0.05) is 12.7 Å². The molecule has 19 heavy (non-hydrogen) atoms. The Bertz CT molecular complexity index is 635. The van der Waals surface area contributed by atoms with Gasteiger partial charge in [0.05, 0.1) is 11.9 Å². The predicted molar refractivity (Wildman–Crippen MR) is 72.2 cm³/mol. The molecule has 3 N–H and O–H groups in total. The number of carbonyl (C=O) groups is 1. The predicted octanol–water partition coefficient (Wildman–Crippen LogP) is 1.90. The zero-order valence-electron chi connectivity index (χ0n) is 10.4. The molecule has 0 saturated heterocycles. The van der Waals surface area contributed by atoms with Crippen LogP contribution in [0.1, 0.15) is 0 Å². The normalized spacial score (nSPS) is 11.1. The van der Waals surface area contributed by atoms with E-state index in [1.165, 1.54) is 6.20 Å². The average Bonchev–Trinajstić information content (AvgIpc) is 2.40. The third-order valence-corrected chi connectivity index (χ3v) is 2.43. The Kier molecular flexibility index (Phi) is 3.82. The summed E-state index contributed by atoms with van der Waals surface area (Å²) in [6.07, 6.45) is 1.37. The standard InChI is InChI=1S/C13H14N4O2/c1-14-12-8-7-11(9-17(12)19)16-13(18)15-10-5-3-2-4-6-10/h2-9,19H,1H3,(H2,15,16,18). The van der Waals surface area contributed by atoms with Crippen LogP contribution in [-0.2, 0) is 0 Å². The Hall–Kier alpha value is -2.76. The molecular weight excluding hydrogens is 244 g/mol. The molecule has 0 bridgehead atoms. The van der Waals surface area contributed by atoms with Crippen LogP contribution >= 0.6 is 0 Å². The lowest BCUT2D eigenvalue weighted by molar-refractivity contribution is 0.172. The minimum atomic E-state index is -0.382. The second-order valence-electron chi connectivity index (χ2n) is 3.79. The molecule has 2 amide bonds. The van der Waals surface area contributed by atoms with E-state index in [0.29, 0.717) is 16.9 Å². The summed E-state index contributed by atoms with van der Waals surface area (Å²) in [5.74, 6) is 0. The second-order valence-corrected chi connectivity index (χ2v) is 3.79. The summed E-state index contributed by atoms with van der Waals surface area (Å²) in [6, 6.07) is 12.0. The van der Waals surface area contributed by atoms with Crippen molar-refractivity contribution >= 4 is 17.4 Å². The van der Waals surface area contributed by atoms with Gasteiger partial charge >= 0.3 is 6.03 Å². The molecule has 2 rings (SSSR count). The van der Waals surface area contributed by atoms with Gasteiger partial charge in [0.1, 0.15) is 0 Å². The highest BCUT2D eigenvalue weighted by Crippen LogP contribution is 2.07. The maximum Gasteiger partial charge on any atom is 0.323 e. The quantitative estimate of drug-likeness (QED) is 0.719. The minimum absolute atomic E-state index is 0.382. The highest BCUT2D eigenvalue weighted by Gasteiger charge is 2.03. The molecule has 6 heteroatoms. The van der Waals surface area contributed by atoms with Crippen LogP contribution in [0.2, 0.25) is 0 Å². The number of rotatable bonds is 2. The summed E-state index contributed by atoms with van der Waals surface area (Å²) in [7, 11) is 1.57. The third-order valence-electron chi connectivity index (χ3n) is 2.43. The Balaban J connectivity index is 2.05. The van der Waals surface area contributed by atoms with Gasteiger partial charge in [-0.1, -0.05) is 18.2 Å². The molecule has 0 aliphatic heterocycles. The van der Waals surface area contributed by atoms with Gasteiger partial charge in [-0.3, -0.25) is 4.99 Å². The minimum Gasteiger partial charge on any atom is -0.427 e. The summed E-state index contributed by atoms with van der Waals surface area (Å²) in [5.41, 5.74) is 1.55. The Labute approximate surface area is 110 Å². The van der Waals surface area contributed by atoms with E-state index in [9.17, 15) is 10.0 Å². The van der Waals surface area contributed by atoms with Gasteiger partial charge in [0.25, 0.3) is 0 Å². The first kappa shape index (κ1) is 12.7. The molecule has 0 unspecified atom stereocenters. The Morgan fingerprint density at radius 3 is 2.42 bits per heavy atom. The molecule has 0 atom stereocenters. The van der Waals surface area contributed by atoms with E-state index in [-0.39, 0.29) is 6.03 Å². The molecule has 0 spiro atoms. The van der Waals surface area contributed by atoms with Gasteiger partial charge in [0.2, 0.25) is 0 Å². The van der Waals surface area contributed by atoms with E-state index < -0.39 is 0 Å². The van der Waals surface area contributed by atoms with Crippen molar-refractivity contribution in [2.75, 3.05) is 17.7 Å². The van der Waals surface area contributed by atoms with Gasteiger partial charge in [0.15, 0.2) is 5.49 Å². The fourth-order valence-corrected chi connectivity index (χ4v) is 1.55. The Morgan fingerprint density at radius 2 is 1.79 bits per heavy atom. The number of hydrogen-bond acceptors (Lipinski definition) is 3. The van der Waals surface area contributed by atoms with Gasteiger partial charge in [-0.05, 0) is 24.3 Å². The molecular formula is C13H14N4O2. The van der Waals surface area contributed by atoms with Crippen molar-refractivity contribution in [2.24, 2.45) is 4.99 Å². The van der Waals surface area contributed by atoms with Gasteiger partial charge in [-0.15, -0.1) is 0 Å². The zero-order valence-corrected chi connectivity index (χ0v) is 10.4. The van der Waals surface area contributed by atoms with Crippen LogP contribution < -0.4 is 16.1 Å². The maximum atomic E-state index is 11.7. The number of amides is 2. The van der Waals surface area contributed by atoms with Crippen LogP contribution in [0, 0.1) is 0 Å². The highest BCUT2D eigenvalue weighted by atomic mass is 16.5. The number of para-hydroxylation sites is 1. The lowest BCUT2D eigenvalue weighted by Gasteiger charge is -2.08. The fraction of sp³-hybridized carbons (Fsp3) is 0.0769. The first-order valence-electron chi connectivity index (χ1n) is 5.67.